The molecular weight excluding hydrogens is 485 g/mol. The smallest absolute Gasteiger partial charge is 0.437 e. The van der Waals surface area contributed by atoms with Crippen molar-refractivity contribution >= 4 is 17.4 Å². The first-order valence-electron chi connectivity index (χ1n) is 11.8. The zero-order valence-electron chi connectivity index (χ0n) is 20.9. The number of rotatable bonds is 6. The van der Waals surface area contributed by atoms with Gasteiger partial charge in [-0.1, -0.05) is 32.9 Å². The Morgan fingerprint density at radius 1 is 1.03 bits per heavy atom. The van der Waals surface area contributed by atoms with Crippen molar-refractivity contribution in [2.24, 2.45) is 5.41 Å². The molecule has 3 aromatic rings. The van der Waals surface area contributed by atoms with E-state index in [4.69, 9.17) is 4.74 Å². The molecule has 4 rings (SSSR count). The van der Waals surface area contributed by atoms with E-state index in [1.165, 1.54) is 17.7 Å². The molecule has 0 bridgehead atoms. The summed E-state index contributed by atoms with van der Waals surface area (Å²) >= 11 is 0. The molecule has 7 nitrogen and oxygen atoms in total. The molecule has 2 N–H and O–H groups in total. The SMILES string of the molecule is CC(C)(C)CN1CCc2c(cccc2Oc2ncccc2NC(=O)Nc2ccc(OC(F)(F)F)cc2)C1. The van der Waals surface area contributed by atoms with Crippen molar-refractivity contribution in [1.82, 2.24) is 9.88 Å². The number of ether oxygens (including phenoxy) is 2. The lowest BCUT2D eigenvalue weighted by atomic mass is 9.93. The summed E-state index contributed by atoms with van der Waals surface area (Å²) in [7, 11) is 0. The van der Waals surface area contributed by atoms with E-state index in [9.17, 15) is 18.0 Å². The van der Waals surface area contributed by atoms with Crippen LogP contribution in [0.2, 0.25) is 0 Å². The van der Waals surface area contributed by atoms with Crippen LogP contribution in [0.4, 0.5) is 29.3 Å². The van der Waals surface area contributed by atoms with Crippen molar-refractivity contribution in [3.8, 4) is 17.4 Å². The molecule has 2 amide bonds. The summed E-state index contributed by atoms with van der Waals surface area (Å²) < 4.78 is 47.0. The number of amides is 2. The van der Waals surface area contributed by atoms with Crippen LogP contribution in [0.5, 0.6) is 17.4 Å². The highest BCUT2D eigenvalue weighted by atomic mass is 19.4. The van der Waals surface area contributed by atoms with E-state index in [0.717, 1.165) is 43.8 Å². The standard InChI is InChI=1S/C27H29F3N4O3/c1-26(2,3)17-34-15-13-21-18(16-34)6-4-8-23(21)36-24-22(7-5-14-31-24)33-25(35)32-19-9-11-20(12-10-19)37-27(28,29)30/h4-12,14H,13,15-17H2,1-3H3,(H2,32,33,35). The predicted octanol–water partition coefficient (Wildman–Crippen LogP) is 6.82. The highest BCUT2D eigenvalue weighted by Gasteiger charge is 2.31. The van der Waals surface area contributed by atoms with Crippen molar-refractivity contribution in [2.45, 2.75) is 40.1 Å². The minimum absolute atomic E-state index is 0.208. The molecule has 0 fully saturated rings. The number of anilines is 2. The zero-order valence-corrected chi connectivity index (χ0v) is 20.9. The molecule has 196 valence electrons. The minimum Gasteiger partial charge on any atom is -0.437 e. The van der Waals surface area contributed by atoms with Crippen LogP contribution in [0, 0.1) is 5.41 Å². The number of hydrogen-bond donors (Lipinski definition) is 2. The van der Waals surface area contributed by atoms with Gasteiger partial charge < -0.3 is 20.1 Å². The van der Waals surface area contributed by atoms with Gasteiger partial charge in [-0.15, -0.1) is 13.2 Å². The van der Waals surface area contributed by atoms with Gasteiger partial charge in [-0.2, -0.15) is 0 Å². The number of nitrogens with zero attached hydrogens (tertiary/aromatic N) is 2. The Morgan fingerprint density at radius 3 is 2.49 bits per heavy atom. The van der Waals surface area contributed by atoms with Crippen molar-refractivity contribution in [1.29, 1.82) is 0 Å². The van der Waals surface area contributed by atoms with E-state index < -0.39 is 12.4 Å². The zero-order chi connectivity index (χ0) is 26.6. The molecule has 10 heteroatoms. The van der Waals surface area contributed by atoms with E-state index in [1.54, 1.807) is 18.3 Å². The fourth-order valence-corrected chi connectivity index (χ4v) is 4.23. The third-order valence-electron chi connectivity index (χ3n) is 5.57. The van der Waals surface area contributed by atoms with Crippen LogP contribution in [-0.4, -0.2) is 35.4 Å². The van der Waals surface area contributed by atoms with Crippen molar-refractivity contribution in [3.05, 3.63) is 71.9 Å². The molecule has 2 aromatic carbocycles. The number of nitrogens with one attached hydrogen (secondary N) is 2. The Hall–Kier alpha value is -3.79. The van der Waals surface area contributed by atoms with Crippen LogP contribution < -0.4 is 20.1 Å². The highest BCUT2D eigenvalue weighted by Crippen LogP contribution is 2.34. The molecule has 1 aromatic heterocycles. The Bertz CT molecular complexity index is 1240. The average molecular weight is 515 g/mol. The van der Waals surface area contributed by atoms with Crippen molar-refractivity contribution in [2.75, 3.05) is 23.7 Å². The van der Waals surface area contributed by atoms with Gasteiger partial charge in [0.1, 0.15) is 17.2 Å². The normalized spacial score (nSPS) is 14.0. The second-order valence-corrected chi connectivity index (χ2v) is 10.0. The van der Waals surface area contributed by atoms with Gasteiger partial charge in [0.15, 0.2) is 0 Å². The highest BCUT2D eigenvalue weighted by molar-refractivity contribution is 6.00. The molecule has 1 aliphatic heterocycles. The minimum atomic E-state index is -4.78. The number of hydrogen-bond acceptors (Lipinski definition) is 5. The first-order chi connectivity index (χ1) is 17.4. The van der Waals surface area contributed by atoms with Crippen LogP contribution in [0.3, 0.4) is 0 Å². The number of carbonyl (C=O) groups excluding carboxylic acids is 1. The fraction of sp³-hybridized carbons (Fsp3) is 0.333. The van der Waals surface area contributed by atoms with Crippen LogP contribution in [0.25, 0.3) is 0 Å². The molecular formula is C27H29F3N4O3. The molecule has 0 spiro atoms. The lowest BCUT2D eigenvalue weighted by molar-refractivity contribution is -0.274. The fourth-order valence-electron chi connectivity index (χ4n) is 4.23. The maximum Gasteiger partial charge on any atom is 0.573 e. The molecule has 0 saturated heterocycles. The lowest BCUT2D eigenvalue weighted by Crippen LogP contribution is -2.36. The number of benzene rings is 2. The molecule has 0 unspecified atom stereocenters. The molecule has 0 aliphatic carbocycles. The van der Waals surface area contributed by atoms with Gasteiger partial charge >= 0.3 is 12.4 Å². The Morgan fingerprint density at radius 2 is 1.78 bits per heavy atom. The van der Waals surface area contributed by atoms with E-state index in [0.29, 0.717) is 11.4 Å². The second-order valence-electron chi connectivity index (χ2n) is 10.0. The van der Waals surface area contributed by atoms with Gasteiger partial charge in [0, 0.05) is 37.1 Å². The van der Waals surface area contributed by atoms with Crippen LogP contribution >= 0.6 is 0 Å². The summed E-state index contributed by atoms with van der Waals surface area (Å²) in [6.45, 7) is 9.44. The van der Waals surface area contributed by atoms with Gasteiger partial charge in [-0.05, 0) is 59.9 Å². The number of halogens is 3. The molecule has 0 atom stereocenters. The number of fused-ring (bicyclic) bond motifs is 1. The van der Waals surface area contributed by atoms with Crippen LogP contribution in [0.15, 0.2) is 60.8 Å². The molecule has 0 saturated carbocycles. The predicted molar refractivity (Wildman–Crippen MR) is 135 cm³/mol. The summed E-state index contributed by atoms with van der Waals surface area (Å²) in [4.78, 5) is 19.3. The van der Waals surface area contributed by atoms with Crippen molar-refractivity contribution in [3.63, 3.8) is 0 Å². The summed E-state index contributed by atoms with van der Waals surface area (Å²) in [6, 6.07) is 13.5. The van der Waals surface area contributed by atoms with Crippen LogP contribution in [-0.2, 0) is 13.0 Å². The van der Waals surface area contributed by atoms with E-state index in [-0.39, 0.29) is 22.7 Å². The topological polar surface area (TPSA) is 75.7 Å². The first kappa shape index (κ1) is 26.3. The average Bonchev–Trinajstić information content (AvgIpc) is 2.80. The Labute approximate surface area is 213 Å². The largest absolute Gasteiger partial charge is 0.573 e. The number of alkyl halides is 3. The van der Waals surface area contributed by atoms with Gasteiger partial charge in [-0.25, -0.2) is 9.78 Å². The first-order valence-corrected chi connectivity index (χ1v) is 11.8. The van der Waals surface area contributed by atoms with Crippen molar-refractivity contribution < 1.29 is 27.4 Å². The van der Waals surface area contributed by atoms with Gasteiger partial charge in [0.2, 0.25) is 5.88 Å². The summed E-state index contributed by atoms with van der Waals surface area (Å²) in [5.74, 6) is 0.543. The number of urea groups is 1. The number of carbonyl (C=O) groups is 1. The number of aromatic nitrogens is 1. The van der Waals surface area contributed by atoms with Gasteiger partial charge in [0.05, 0.1) is 0 Å². The van der Waals surface area contributed by atoms with Gasteiger partial charge in [0.25, 0.3) is 0 Å². The quantitative estimate of drug-likeness (QED) is 0.378. The molecule has 2 heterocycles. The molecule has 37 heavy (non-hydrogen) atoms. The second kappa shape index (κ2) is 10.7. The van der Waals surface area contributed by atoms with Crippen LogP contribution in [0.1, 0.15) is 31.9 Å². The van der Waals surface area contributed by atoms with E-state index in [2.05, 4.69) is 52.1 Å². The summed E-state index contributed by atoms with van der Waals surface area (Å²) in [6.07, 6.45) is -2.38. The molecule has 0 radical (unpaired) electrons. The maximum absolute atomic E-state index is 12.6. The third kappa shape index (κ3) is 7.60. The number of pyridine rings is 1. The summed E-state index contributed by atoms with van der Waals surface area (Å²) in [5, 5.41) is 5.26. The monoisotopic (exact) mass is 514 g/mol. The van der Waals surface area contributed by atoms with E-state index in [1.807, 2.05) is 12.1 Å². The lowest BCUT2D eigenvalue weighted by Gasteiger charge is -2.34. The molecule has 1 aliphatic rings. The van der Waals surface area contributed by atoms with Gasteiger partial charge in [-0.3, -0.25) is 4.90 Å². The van der Waals surface area contributed by atoms with E-state index >= 15 is 0 Å². The third-order valence-corrected chi connectivity index (χ3v) is 5.57. The Kier molecular flexibility index (Phi) is 7.58. The Balaban J connectivity index is 1.43. The maximum atomic E-state index is 12.6. The summed E-state index contributed by atoms with van der Waals surface area (Å²) in [5.41, 5.74) is 3.17.